The third-order valence-corrected chi connectivity index (χ3v) is 4.11. The Morgan fingerprint density at radius 1 is 1.30 bits per heavy atom. The van der Waals surface area contributed by atoms with Gasteiger partial charge in [-0.1, -0.05) is 38.5 Å². The molecule has 0 saturated carbocycles. The number of hydrogen-bond donors (Lipinski definition) is 1. The lowest BCUT2D eigenvalue weighted by Crippen LogP contribution is -2.46. The quantitative estimate of drug-likeness (QED) is 0.620. The molecular weight excluding hydrogens is 274 g/mol. The molecule has 0 fully saturated rings. The van der Waals surface area contributed by atoms with Crippen LogP contribution in [0.4, 0.5) is 0 Å². The van der Waals surface area contributed by atoms with Crippen LogP contribution in [0.5, 0.6) is 0 Å². The zero-order chi connectivity index (χ0) is 15.0. The lowest BCUT2D eigenvalue weighted by Gasteiger charge is -2.21. The maximum Gasteiger partial charge on any atom is 0.328 e. The van der Waals surface area contributed by atoms with Gasteiger partial charge in [-0.2, -0.15) is 0 Å². The number of benzene rings is 1. The van der Waals surface area contributed by atoms with Crippen molar-refractivity contribution in [3.8, 4) is 0 Å². The third-order valence-electron chi connectivity index (χ3n) is 3.10. The van der Waals surface area contributed by atoms with Crippen LogP contribution in [-0.4, -0.2) is 30.8 Å². The van der Waals surface area contributed by atoms with Crippen LogP contribution in [0.3, 0.4) is 0 Å². The second kappa shape index (κ2) is 8.64. The van der Waals surface area contributed by atoms with E-state index >= 15 is 0 Å². The van der Waals surface area contributed by atoms with E-state index in [0.717, 1.165) is 11.3 Å². The molecule has 20 heavy (non-hydrogen) atoms. The van der Waals surface area contributed by atoms with Crippen LogP contribution in [-0.2, 0) is 14.3 Å². The summed E-state index contributed by atoms with van der Waals surface area (Å²) in [6, 6.07) is 9.11. The molecule has 1 rings (SSSR count). The Morgan fingerprint density at radius 3 is 2.50 bits per heavy atom. The van der Waals surface area contributed by atoms with E-state index in [-0.39, 0.29) is 17.6 Å². The van der Waals surface area contributed by atoms with E-state index in [9.17, 15) is 9.59 Å². The van der Waals surface area contributed by atoms with Crippen LogP contribution in [0.25, 0.3) is 0 Å². The summed E-state index contributed by atoms with van der Waals surface area (Å²) in [5.41, 5.74) is 0. The van der Waals surface area contributed by atoms with Crippen molar-refractivity contribution in [1.82, 2.24) is 5.32 Å². The lowest BCUT2D eigenvalue weighted by molar-refractivity contribution is -0.146. The van der Waals surface area contributed by atoms with Crippen molar-refractivity contribution >= 4 is 23.6 Å². The Morgan fingerprint density at radius 2 is 1.95 bits per heavy atom. The number of thioether (sulfide) groups is 1. The first kappa shape index (κ1) is 16.6. The van der Waals surface area contributed by atoms with Crippen molar-refractivity contribution < 1.29 is 14.3 Å². The number of hydrogen-bond acceptors (Lipinski definition) is 4. The van der Waals surface area contributed by atoms with Crippen molar-refractivity contribution in [3.63, 3.8) is 0 Å². The van der Waals surface area contributed by atoms with Gasteiger partial charge in [0.05, 0.1) is 12.9 Å². The van der Waals surface area contributed by atoms with Crippen LogP contribution in [0.15, 0.2) is 35.2 Å². The second-order valence-corrected chi connectivity index (χ2v) is 5.60. The van der Waals surface area contributed by atoms with Gasteiger partial charge < -0.3 is 10.1 Å². The predicted molar refractivity (Wildman–Crippen MR) is 80.6 cm³/mol. The van der Waals surface area contributed by atoms with Gasteiger partial charge in [0.2, 0.25) is 5.91 Å². The van der Waals surface area contributed by atoms with E-state index < -0.39 is 12.0 Å². The Balaban J connectivity index is 2.51. The summed E-state index contributed by atoms with van der Waals surface area (Å²) in [6.07, 6.45) is 0.797. The van der Waals surface area contributed by atoms with Gasteiger partial charge in [0.25, 0.3) is 0 Å². The monoisotopic (exact) mass is 295 g/mol. The summed E-state index contributed by atoms with van der Waals surface area (Å²) in [5.74, 6) is -0.214. The van der Waals surface area contributed by atoms with E-state index in [0.29, 0.717) is 0 Å². The van der Waals surface area contributed by atoms with Gasteiger partial charge in [0.1, 0.15) is 6.04 Å². The smallest absolute Gasteiger partial charge is 0.328 e. The van der Waals surface area contributed by atoms with Crippen molar-refractivity contribution in [2.75, 3.05) is 12.9 Å². The van der Waals surface area contributed by atoms with Gasteiger partial charge >= 0.3 is 5.97 Å². The first-order valence-electron chi connectivity index (χ1n) is 6.63. The molecule has 0 bridgehead atoms. The number of amides is 1. The zero-order valence-electron chi connectivity index (χ0n) is 12.1. The van der Waals surface area contributed by atoms with E-state index in [2.05, 4.69) is 5.32 Å². The Bertz CT molecular complexity index is 436. The number of methoxy groups -OCH3 is 1. The number of nitrogens with one attached hydrogen (secondary N) is 1. The van der Waals surface area contributed by atoms with E-state index in [1.807, 2.05) is 44.2 Å². The average Bonchev–Trinajstić information content (AvgIpc) is 2.50. The summed E-state index contributed by atoms with van der Waals surface area (Å²) < 4.78 is 4.74. The summed E-state index contributed by atoms with van der Waals surface area (Å²) >= 11 is 1.44. The first-order chi connectivity index (χ1) is 9.58. The molecule has 1 aromatic rings. The molecule has 0 spiro atoms. The molecule has 1 aromatic carbocycles. The molecule has 1 amide bonds. The highest BCUT2D eigenvalue weighted by molar-refractivity contribution is 8.00. The number of esters is 1. The molecule has 4 nitrogen and oxygen atoms in total. The second-order valence-electron chi connectivity index (χ2n) is 4.56. The van der Waals surface area contributed by atoms with Gasteiger partial charge in [0, 0.05) is 4.90 Å². The minimum atomic E-state index is -0.575. The molecular formula is C15H21NO3S. The van der Waals surface area contributed by atoms with Gasteiger partial charge in [-0.05, 0) is 18.1 Å². The molecule has 2 atom stereocenters. The normalized spacial score (nSPS) is 13.3. The highest BCUT2D eigenvalue weighted by atomic mass is 32.2. The zero-order valence-corrected chi connectivity index (χ0v) is 12.9. The number of ether oxygens (including phenoxy) is 1. The Hall–Kier alpha value is -1.49. The van der Waals surface area contributed by atoms with E-state index in [1.165, 1.54) is 18.9 Å². The molecule has 1 N–H and O–H groups in total. The molecule has 110 valence electrons. The highest BCUT2D eigenvalue weighted by Crippen LogP contribution is 2.17. The Kier molecular flexibility index (Phi) is 7.15. The SMILES string of the molecule is CCC(C)C(NC(=O)CSc1ccccc1)C(=O)OC. The van der Waals surface area contributed by atoms with Crippen molar-refractivity contribution in [3.05, 3.63) is 30.3 Å². The van der Waals surface area contributed by atoms with Crippen molar-refractivity contribution in [2.24, 2.45) is 5.92 Å². The van der Waals surface area contributed by atoms with Gasteiger partial charge in [0.15, 0.2) is 0 Å². The maximum atomic E-state index is 11.9. The topological polar surface area (TPSA) is 55.4 Å². The molecule has 0 aliphatic carbocycles. The molecule has 5 heteroatoms. The van der Waals surface area contributed by atoms with Gasteiger partial charge in [-0.25, -0.2) is 4.79 Å². The van der Waals surface area contributed by atoms with Crippen LogP contribution in [0.1, 0.15) is 20.3 Å². The molecule has 2 unspecified atom stereocenters. The number of rotatable bonds is 7. The highest BCUT2D eigenvalue weighted by Gasteiger charge is 2.26. The molecule has 0 aliphatic heterocycles. The standard InChI is InChI=1S/C15H21NO3S/c1-4-11(2)14(15(18)19-3)16-13(17)10-20-12-8-6-5-7-9-12/h5-9,11,14H,4,10H2,1-3H3,(H,16,17). The Labute approximate surface area is 124 Å². The molecule has 0 aliphatic rings. The maximum absolute atomic E-state index is 11.9. The molecule has 0 radical (unpaired) electrons. The van der Waals surface area contributed by atoms with Crippen LogP contribution < -0.4 is 5.32 Å². The molecule has 0 heterocycles. The fourth-order valence-electron chi connectivity index (χ4n) is 1.68. The fraction of sp³-hybridized carbons (Fsp3) is 0.467. The van der Waals surface area contributed by atoms with Crippen molar-refractivity contribution in [1.29, 1.82) is 0 Å². The van der Waals surface area contributed by atoms with Gasteiger partial charge in [-0.3, -0.25) is 4.79 Å². The van der Waals surface area contributed by atoms with Crippen LogP contribution in [0, 0.1) is 5.92 Å². The average molecular weight is 295 g/mol. The lowest BCUT2D eigenvalue weighted by atomic mass is 9.99. The molecule has 0 saturated heterocycles. The number of carbonyl (C=O) groups is 2. The minimum absolute atomic E-state index is 0.0492. The van der Waals surface area contributed by atoms with Crippen LogP contribution >= 0.6 is 11.8 Å². The van der Waals surface area contributed by atoms with E-state index in [4.69, 9.17) is 4.74 Å². The minimum Gasteiger partial charge on any atom is -0.467 e. The van der Waals surface area contributed by atoms with Crippen LogP contribution in [0.2, 0.25) is 0 Å². The summed E-state index contributed by atoms with van der Waals surface area (Å²) in [5, 5.41) is 2.75. The fourth-order valence-corrected chi connectivity index (χ4v) is 2.41. The summed E-state index contributed by atoms with van der Waals surface area (Å²) in [7, 11) is 1.34. The third kappa shape index (κ3) is 5.25. The first-order valence-corrected chi connectivity index (χ1v) is 7.62. The summed E-state index contributed by atoms with van der Waals surface area (Å²) in [6.45, 7) is 3.90. The summed E-state index contributed by atoms with van der Waals surface area (Å²) in [4.78, 5) is 24.6. The predicted octanol–water partition coefficient (Wildman–Crippen LogP) is 2.48. The largest absolute Gasteiger partial charge is 0.467 e. The van der Waals surface area contributed by atoms with Gasteiger partial charge in [-0.15, -0.1) is 11.8 Å². The van der Waals surface area contributed by atoms with Crippen molar-refractivity contribution in [2.45, 2.75) is 31.2 Å². The number of carbonyl (C=O) groups excluding carboxylic acids is 2. The van der Waals surface area contributed by atoms with E-state index in [1.54, 1.807) is 0 Å². The molecule has 0 aromatic heterocycles.